The molecule has 1 unspecified atom stereocenters. The van der Waals surface area contributed by atoms with Crippen molar-refractivity contribution in [2.75, 3.05) is 0 Å². The quantitative estimate of drug-likeness (QED) is 0.207. The molecule has 4 nitrogen and oxygen atoms in total. The van der Waals surface area contributed by atoms with Crippen LogP contribution < -0.4 is 5.32 Å². The third kappa shape index (κ3) is 3.76. The van der Waals surface area contributed by atoms with E-state index in [-0.39, 0.29) is 6.17 Å². The number of nitrogens with zero attached hydrogens (tertiary/aromatic N) is 3. The standard InChI is InChI=1S/C39H24N4S2/c1-3-11-23(12-4-1)37-40-38(24-13-5-2-6-14-24)42-39(41-37)43-31-17-9-7-15-25(31)29-22-34-30(21-32(29)43)28-20-19-27-26-16-8-10-18-33(26)44-35(27)36(28)45-34/h1-22,37H,(H,40,41,42). The first kappa shape index (κ1) is 25.1. The largest absolute Gasteiger partial charge is 0.344 e. The second-order valence-corrected chi connectivity index (χ2v) is 13.6. The summed E-state index contributed by atoms with van der Waals surface area (Å²) in [6.07, 6.45) is -0.267. The average Bonchev–Trinajstić information content (AvgIpc) is 3.77. The predicted octanol–water partition coefficient (Wildman–Crippen LogP) is 10.5. The number of aliphatic imine (C=N–C) groups is 2. The lowest BCUT2D eigenvalue weighted by atomic mass is 10.1. The Morgan fingerprint density at radius 1 is 0.533 bits per heavy atom. The van der Waals surface area contributed by atoms with Gasteiger partial charge in [0.05, 0.1) is 20.4 Å². The Hall–Kier alpha value is -5.30. The molecule has 1 atom stereocenters. The van der Waals surface area contributed by atoms with Gasteiger partial charge in [0.25, 0.3) is 0 Å². The van der Waals surface area contributed by atoms with Gasteiger partial charge in [-0.2, -0.15) is 4.99 Å². The van der Waals surface area contributed by atoms with Crippen LogP contribution in [0.1, 0.15) is 17.3 Å². The lowest BCUT2D eigenvalue weighted by Crippen LogP contribution is -2.35. The minimum absolute atomic E-state index is 0.267. The van der Waals surface area contributed by atoms with Gasteiger partial charge in [-0.15, -0.1) is 22.7 Å². The molecule has 1 N–H and O–H groups in total. The zero-order chi connectivity index (χ0) is 29.5. The van der Waals surface area contributed by atoms with Gasteiger partial charge in [0.1, 0.15) is 12.0 Å². The first-order chi connectivity index (χ1) is 22.3. The van der Waals surface area contributed by atoms with Gasteiger partial charge in [-0.1, -0.05) is 109 Å². The molecule has 212 valence electrons. The fourth-order valence-electron chi connectivity index (χ4n) is 6.78. The Morgan fingerprint density at radius 2 is 1.20 bits per heavy atom. The van der Waals surface area contributed by atoms with E-state index in [2.05, 4.69) is 131 Å². The Kier molecular flexibility index (Phi) is 5.35. The predicted molar refractivity (Wildman–Crippen MR) is 193 cm³/mol. The van der Waals surface area contributed by atoms with Gasteiger partial charge in [-0.25, -0.2) is 4.99 Å². The summed E-state index contributed by atoms with van der Waals surface area (Å²) < 4.78 is 7.63. The van der Waals surface area contributed by atoms with Crippen LogP contribution in [0.2, 0.25) is 0 Å². The Labute approximate surface area is 266 Å². The van der Waals surface area contributed by atoms with E-state index in [1.54, 1.807) is 0 Å². The highest BCUT2D eigenvalue weighted by atomic mass is 32.1. The van der Waals surface area contributed by atoms with Gasteiger partial charge in [-0.3, -0.25) is 4.57 Å². The van der Waals surface area contributed by atoms with Crippen molar-refractivity contribution in [2.45, 2.75) is 6.17 Å². The lowest BCUT2D eigenvalue weighted by molar-refractivity contribution is 0.668. The molecule has 0 radical (unpaired) electrons. The normalized spacial score (nSPS) is 15.3. The van der Waals surface area contributed by atoms with Crippen molar-refractivity contribution < 1.29 is 0 Å². The minimum Gasteiger partial charge on any atom is -0.344 e. The second kappa shape index (κ2) is 9.60. The van der Waals surface area contributed by atoms with Crippen molar-refractivity contribution in [3.63, 3.8) is 0 Å². The van der Waals surface area contributed by atoms with E-state index in [1.165, 1.54) is 51.1 Å². The highest BCUT2D eigenvalue weighted by Crippen LogP contribution is 2.46. The first-order valence-corrected chi connectivity index (χ1v) is 16.7. The van der Waals surface area contributed by atoms with Gasteiger partial charge in [0, 0.05) is 47.3 Å². The highest BCUT2D eigenvalue weighted by Gasteiger charge is 2.24. The summed E-state index contributed by atoms with van der Waals surface area (Å²) in [4.78, 5) is 10.4. The molecule has 3 aromatic heterocycles. The molecule has 45 heavy (non-hydrogen) atoms. The number of hydrogen-bond acceptors (Lipinski definition) is 5. The Balaban J connectivity index is 1.26. The summed E-state index contributed by atoms with van der Waals surface area (Å²) in [6, 6.07) is 47.5. The Morgan fingerprint density at radius 3 is 2.02 bits per heavy atom. The molecule has 4 heterocycles. The summed E-state index contributed by atoms with van der Waals surface area (Å²) in [6.45, 7) is 0. The SMILES string of the molecule is c1ccc(C2=NC(n3c4ccccc4c4cc5sc6c(ccc7c8ccccc8sc76)c5cc43)=NC(c3ccccc3)N2)cc1. The van der Waals surface area contributed by atoms with E-state index in [0.29, 0.717) is 5.96 Å². The molecule has 0 spiro atoms. The van der Waals surface area contributed by atoms with E-state index in [9.17, 15) is 0 Å². The van der Waals surface area contributed by atoms with Crippen molar-refractivity contribution in [1.82, 2.24) is 9.88 Å². The number of hydrogen-bond donors (Lipinski definition) is 1. The minimum atomic E-state index is -0.267. The summed E-state index contributed by atoms with van der Waals surface area (Å²) in [5.41, 5.74) is 4.34. The molecular weight excluding hydrogens is 589 g/mol. The Bertz CT molecular complexity index is 2680. The van der Waals surface area contributed by atoms with E-state index in [4.69, 9.17) is 9.98 Å². The van der Waals surface area contributed by atoms with Crippen LogP contribution in [0.3, 0.4) is 0 Å². The molecule has 0 fully saturated rings. The third-order valence-corrected chi connectivity index (χ3v) is 11.4. The van der Waals surface area contributed by atoms with Gasteiger partial charge in [0.2, 0.25) is 5.96 Å². The van der Waals surface area contributed by atoms with Crippen LogP contribution in [0.5, 0.6) is 0 Å². The van der Waals surface area contributed by atoms with Crippen LogP contribution in [0.4, 0.5) is 0 Å². The molecule has 0 saturated heterocycles. The second-order valence-electron chi connectivity index (χ2n) is 11.5. The van der Waals surface area contributed by atoms with Crippen LogP contribution >= 0.6 is 22.7 Å². The van der Waals surface area contributed by atoms with Crippen molar-refractivity contribution in [3.8, 4) is 0 Å². The van der Waals surface area contributed by atoms with E-state index in [1.807, 2.05) is 34.8 Å². The third-order valence-electron chi connectivity index (χ3n) is 8.87. The molecule has 0 saturated carbocycles. The number of rotatable bonds is 2. The molecule has 10 rings (SSSR count). The van der Waals surface area contributed by atoms with Crippen LogP contribution in [0.25, 0.3) is 62.2 Å². The van der Waals surface area contributed by atoms with Crippen LogP contribution in [0.15, 0.2) is 143 Å². The molecule has 0 bridgehead atoms. The van der Waals surface area contributed by atoms with Crippen molar-refractivity contribution in [3.05, 3.63) is 145 Å². The zero-order valence-electron chi connectivity index (χ0n) is 23.9. The first-order valence-electron chi connectivity index (χ1n) is 15.0. The monoisotopic (exact) mass is 612 g/mol. The fraction of sp³-hybridized carbons (Fsp3) is 0.0256. The van der Waals surface area contributed by atoms with Crippen LogP contribution in [-0.2, 0) is 0 Å². The number of nitrogens with one attached hydrogen (secondary N) is 1. The number of fused-ring (bicyclic) bond motifs is 10. The summed E-state index contributed by atoms with van der Waals surface area (Å²) in [7, 11) is 0. The number of thiophene rings is 2. The molecular formula is C39H24N4S2. The zero-order valence-corrected chi connectivity index (χ0v) is 25.6. The van der Waals surface area contributed by atoms with E-state index < -0.39 is 0 Å². The molecule has 6 aromatic carbocycles. The maximum Gasteiger partial charge on any atom is 0.234 e. The topological polar surface area (TPSA) is 41.7 Å². The van der Waals surface area contributed by atoms with Gasteiger partial charge in [-0.05, 0) is 29.8 Å². The molecule has 0 amide bonds. The number of para-hydroxylation sites is 1. The summed E-state index contributed by atoms with van der Waals surface area (Å²) >= 11 is 3.80. The molecule has 6 heteroatoms. The fourth-order valence-corrected chi connectivity index (χ4v) is 9.34. The number of amidine groups is 1. The van der Waals surface area contributed by atoms with Crippen LogP contribution in [0, 0.1) is 0 Å². The van der Waals surface area contributed by atoms with Gasteiger partial charge < -0.3 is 5.32 Å². The van der Waals surface area contributed by atoms with Gasteiger partial charge in [0.15, 0.2) is 0 Å². The number of aromatic nitrogens is 1. The van der Waals surface area contributed by atoms with Crippen molar-refractivity contribution >= 4 is 96.6 Å². The van der Waals surface area contributed by atoms with Crippen molar-refractivity contribution in [2.24, 2.45) is 9.98 Å². The van der Waals surface area contributed by atoms with Crippen LogP contribution in [-0.4, -0.2) is 16.4 Å². The number of benzene rings is 6. The van der Waals surface area contributed by atoms with Gasteiger partial charge >= 0.3 is 0 Å². The molecule has 1 aliphatic rings. The summed E-state index contributed by atoms with van der Waals surface area (Å²) in [5, 5.41) is 11.3. The maximum atomic E-state index is 5.25. The summed E-state index contributed by atoms with van der Waals surface area (Å²) in [5.74, 6) is 1.49. The van der Waals surface area contributed by atoms with Crippen molar-refractivity contribution in [1.29, 1.82) is 0 Å². The molecule has 9 aromatic rings. The average molecular weight is 613 g/mol. The maximum absolute atomic E-state index is 5.25. The highest BCUT2D eigenvalue weighted by molar-refractivity contribution is 7.33. The smallest absolute Gasteiger partial charge is 0.234 e. The molecule has 0 aliphatic carbocycles. The molecule has 1 aliphatic heterocycles. The van der Waals surface area contributed by atoms with E-state index >= 15 is 0 Å². The van der Waals surface area contributed by atoms with E-state index in [0.717, 1.165) is 28.0 Å². The lowest BCUT2D eigenvalue weighted by Gasteiger charge is -2.24.